The SMILES string of the molecule is C[C@H](c1ccc(F)cc1)C1(C(N)=O)CCC(NS(=O)(=O)c2ccc3nc(OCC(C)(C)O)ccc3c2)CC1. The molecular formula is C28H34FN3O5S. The number of nitrogens with two attached hydrogens (primary N) is 1. The molecule has 0 aliphatic heterocycles. The van der Waals surface area contributed by atoms with Crippen LogP contribution in [0.4, 0.5) is 4.39 Å². The van der Waals surface area contributed by atoms with Gasteiger partial charge < -0.3 is 15.6 Å². The van der Waals surface area contributed by atoms with Crippen LogP contribution in [-0.4, -0.2) is 42.7 Å². The van der Waals surface area contributed by atoms with Crippen LogP contribution < -0.4 is 15.2 Å². The van der Waals surface area contributed by atoms with Gasteiger partial charge in [-0.3, -0.25) is 4.79 Å². The van der Waals surface area contributed by atoms with Crippen LogP contribution in [0.5, 0.6) is 5.88 Å². The summed E-state index contributed by atoms with van der Waals surface area (Å²) in [7, 11) is -3.83. The summed E-state index contributed by atoms with van der Waals surface area (Å²) >= 11 is 0. The van der Waals surface area contributed by atoms with E-state index in [1.165, 1.54) is 18.2 Å². The zero-order valence-electron chi connectivity index (χ0n) is 21.8. The Morgan fingerprint density at radius 1 is 1.18 bits per heavy atom. The average molecular weight is 544 g/mol. The Morgan fingerprint density at radius 3 is 2.45 bits per heavy atom. The maximum absolute atomic E-state index is 13.4. The molecule has 0 radical (unpaired) electrons. The molecule has 38 heavy (non-hydrogen) atoms. The number of hydrogen-bond acceptors (Lipinski definition) is 6. The third-order valence-corrected chi connectivity index (χ3v) is 8.93. The number of ether oxygens (including phenoxy) is 1. The maximum atomic E-state index is 13.4. The molecule has 1 atom stereocenters. The first-order valence-electron chi connectivity index (χ1n) is 12.6. The number of halogens is 1. The van der Waals surface area contributed by atoms with E-state index in [-0.39, 0.29) is 29.3 Å². The molecule has 0 spiro atoms. The second kappa shape index (κ2) is 10.6. The van der Waals surface area contributed by atoms with E-state index in [0.29, 0.717) is 42.5 Å². The highest BCUT2D eigenvalue weighted by atomic mass is 32.2. The number of nitrogens with one attached hydrogen (secondary N) is 1. The molecule has 3 aromatic rings. The van der Waals surface area contributed by atoms with Crippen molar-refractivity contribution in [2.45, 2.75) is 68.9 Å². The van der Waals surface area contributed by atoms with Crippen LogP contribution in [0.2, 0.25) is 0 Å². The molecular weight excluding hydrogens is 509 g/mol. The van der Waals surface area contributed by atoms with Crippen molar-refractivity contribution in [3.63, 3.8) is 0 Å². The number of benzene rings is 2. The number of aliphatic hydroxyl groups is 1. The third-order valence-electron chi connectivity index (χ3n) is 7.41. The highest BCUT2D eigenvalue weighted by Crippen LogP contribution is 2.47. The van der Waals surface area contributed by atoms with Gasteiger partial charge in [-0.1, -0.05) is 19.1 Å². The lowest BCUT2D eigenvalue weighted by molar-refractivity contribution is -0.131. The molecule has 1 fully saturated rings. The lowest BCUT2D eigenvalue weighted by atomic mass is 9.63. The fourth-order valence-corrected chi connectivity index (χ4v) is 6.42. The van der Waals surface area contributed by atoms with Gasteiger partial charge in [0.1, 0.15) is 12.4 Å². The smallest absolute Gasteiger partial charge is 0.240 e. The minimum atomic E-state index is -3.83. The molecule has 4 rings (SSSR count). The van der Waals surface area contributed by atoms with Gasteiger partial charge >= 0.3 is 0 Å². The van der Waals surface area contributed by atoms with E-state index >= 15 is 0 Å². The normalized spacial score (nSPS) is 21.2. The minimum absolute atomic E-state index is 0.0724. The van der Waals surface area contributed by atoms with Crippen molar-refractivity contribution in [1.82, 2.24) is 9.71 Å². The van der Waals surface area contributed by atoms with E-state index in [1.807, 2.05) is 6.92 Å². The van der Waals surface area contributed by atoms with E-state index in [2.05, 4.69) is 9.71 Å². The number of hydrogen-bond donors (Lipinski definition) is 3. The Balaban J connectivity index is 1.45. The Labute approximate surface area is 222 Å². The molecule has 0 bridgehead atoms. The van der Waals surface area contributed by atoms with Crippen molar-refractivity contribution >= 4 is 26.8 Å². The van der Waals surface area contributed by atoms with E-state index in [9.17, 15) is 22.7 Å². The zero-order chi connectivity index (χ0) is 27.7. The molecule has 1 heterocycles. The highest BCUT2D eigenvalue weighted by molar-refractivity contribution is 7.89. The fraction of sp³-hybridized carbons (Fsp3) is 0.429. The molecule has 4 N–H and O–H groups in total. The van der Waals surface area contributed by atoms with Gasteiger partial charge in [0.25, 0.3) is 0 Å². The van der Waals surface area contributed by atoms with Crippen LogP contribution in [0.3, 0.4) is 0 Å². The second-order valence-corrected chi connectivity index (χ2v) is 12.5. The minimum Gasteiger partial charge on any atom is -0.475 e. The largest absolute Gasteiger partial charge is 0.475 e. The number of primary amides is 1. The second-order valence-electron chi connectivity index (χ2n) is 10.8. The lowest BCUT2D eigenvalue weighted by Crippen LogP contribution is -2.48. The number of nitrogens with zero attached hydrogens (tertiary/aromatic N) is 1. The summed E-state index contributed by atoms with van der Waals surface area (Å²) in [6, 6.07) is 13.7. The Kier molecular flexibility index (Phi) is 7.79. The van der Waals surface area contributed by atoms with Gasteiger partial charge in [-0.2, -0.15) is 0 Å². The summed E-state index contributed by atoms with van der Waals surface area (Å²) < 4.78 is 48.1. The van der Waals surface area contributed by atoms with Gasteiger partial charge in [-0.25, -0.2) is 22.5 Å². The van der Waals surface area contributed by atoms with Crippen LogP contribution in [0.1, 0.15) is 57.9 Å². The fourth-order valence-electron chi connectivity index (χ4n) is 5.08. The number of rotatable bonds is 9. The van der Waals surface area contributed by atoms with Gasteiger partial charge in [-0.05, 0) is 87.4 Å². The average Bonchev–Trinajstić information content (AvgIpc) is 2.87. The monoisotopic (exact) mass is 543 g/mol. The lowest BCUT2D eigenvalue weighted by Gasteiger charge is -2.42. The number of carbonyl (C=O) groups is 1. The van der Waals surface area contributed by atoms with Crippen molar-refractivity contribution in [2.24, 2.45) is 11.1 Å². The van der Waals surface area contributed by atoms with Crippen molar-refractivity contribution in [3.05, 3.63) is 66.0 Å². The van der Waals surface area contributed by atoms with Crippen LogP contribution in [0.25, 0.3) is 10.9 Å². The van der Waals surface area contributed by atoms with Gasteiger partial charge in [0, 0.05) is 17.5 Å². The number of amides is 1. The summed E-state index contributed by atoms with van der Waals surface area (Å²) in [6.45, 7) is 5.24. The number of fused-ring (bicyclic) bond motifs is 1. The highest BCUT2D eigenvalue weighted by Gasteiger charge is 2.45. The third kappa shape index (κ3) is 6.14. The predicted molar refractivity (Wildman–Crippen MR) is 143 cm³/mol. The quantitative estimate of drug-likeness (QED) is 0.374. The number of sulfonamides is 1. The molecule has 10 heteroatoms. The molecule has 1 saturated carbocycles. The first-order valence-corrected chi connectivity index (χ1v) is 14.1. The van der Waals surface area contributed by atoms with Gasteiger partial charge in [-0.15, -0.1) is 0 Å². The van der Waals surface area contributed by atoms with Crippen molar-refractivity contribution in [2.75, 3.05) is 6.61 Å². The number of pyridine rings is 1. The summed E-state index contributed by atoms with van der Waals surface area (Å²) in [5.74, 6) is -0.674. The number of aromatic nitrogens is 1. The molecule has 204 valence electrons. The van der Waals surface area contributed by atoms with E-state index < -0.39 is 26.9 Å². The molecule has 1 aliphatic rings. The first-order chi connectivity index (χ1) is 17.8. The molecule has 0 unspecified atom stereocenters. The van der Waals surface area contributed by atoms with E-state index in [0.717, 1.165) is 5.56 Å². The standard InChI is InChI=1S/C28H34FN3O5S/c1-18(19-4-7-21(29)8-5-19)28(26(30)33)14-12-22(13-15-28)32-38(35,36)23-9-10-24-20(16-23)6-11-25(31-24)37-17-27(2,3)34/h4-11,16,18,22,32,34H,12-15,17H2,1-3H3,(H2,30,33)/t18-,22?,28?/m1/s1. The first kappa shape index (κ1) is 27.9. The summed E-state index contributed by atoms with van der Waals surface area (Å²) in [5.41, 5.74) is 5.41. The van der Waals surface area contributed by atoms with Gasteiger partial charge in [0.05, 0.1) is 21.4 Å². The Bertz CT molecular complexity index is 1410. The number of carbonyl (C=O) groups excluding carboxylic acids is 1. The van der Waals surface area contributed by atoms with Crippen molar-refractivity contribution in [1.29, 1.82) is 0 Å². The van der Waals surface area contributed by atoms with Crippen LogP contribution in [0, 0.1) is 11.2 Å². The van der Waals surface area contributed by atoms with Crippen LogP contribution in [-0.2, 0) is 14.8 Å². The molecule has 0 saturated heterocycles. The van der Waals surface area contributed by atoms with Gasteiger partial charge in [0.15, 0.2) is 0 Å². The van der Waals surface area contributed by atoms with Gasteiger partial charge in [0.2, 0.25) is 21.8 Å². The summed E-state index contributed by atoms with van der Waals surface area (Å²) in [5, 5.41) is 10.5. The molecule has 1 aromatic heterocycles. The molecule has 1 amide bonds. The Morgan fingerprint density at radius 2 is 1.84 bits per heavy atom. The van der Waals surface area contributed by atoms with Crippen molar-refractivity contribution < 1.29 is 27.4 Å². The molecule has 1 aliphatic carbocycles. The van der Waals surface area contributed by atoms with E-state index in [4.69, 9.17) is 10.5 Å². The summed E-state index contributed by atoms with van der Waals surface area (Å²) in [4.78, 5) is 17.1. The zero-order valence-corrected chi connectivity index (χ0v) is 22.6. The summed E-state index contributed by atoms with van der Waals surface area (Å²) in [6.07, 6.45) is 1.74. The molecule has 2 aromatic carbocycles. The predicted octanol–water partition coefficient (Wildman–Crippen LogP) is 4.02. The topological polar surface area (TPSA) is 132 Å². The van der Waals surface area contributed by atoms with Crippen LogP contribution >= 0.6 is 0 Å². The van der Waals surface area contributed by atoms with Crippen molar-refractivity contribution in [3.8, 4) is 5.88 Å². The van der Waals surface area contributed by atoms with Crippen LogP contribution in [0.15, 0.2) is 59.5 Å². The molecule has 8 nitrogen and oxygen atoms in total. The van der Waals surface area contributed by atoms with E-state index in [1.54, 1.807) is 50.2 Å². The maximum Gasteiger partial charge on any atom is 0.240 e. The Hall–Kier alpha value is -3.08.